The Morgan fingerprint density at radius 3 is 2.16 bits per heavy atom. The van der Waals surface area contributed by atoms with Crippen LogP contribution in [0.15, 0.2) is 79.0 Å². The molecule has 0 unspecified atom stereocenters. The number of methoxy groups -OCH3 is 2. The van der Waals surface area contributed by atoms with Gasteiger partial charge in [-0.3, -0.25) is 38.5 Å². The maximum atomic E-state index is 14.6. The maximum Gasteiger partial charge on any atom is 0.251 e. The van der Waals surface area contributed by atoms with Gasteiger partial charge in [-0.25, -0.2) is 0 Å². The molecular formula is C62H90N6O9. The van der Waals surface area contributed by atoms with Crippen LogP contribution in [0, 0.1) is 35.5 Å². The predicted molar refractivity (Wildman–Crippen MR) is 300 cm³/mol. The number of Topliss-reactive ketones (excluding diaryl/α,β-unsaturated/α-hetero) is 2. The van der Waals surface area contributed by atoms with Gasteiger partial charge >= 0.3 is 0 Å². The van der Waals surface area contributed by atoms with Crippen LogP contribution in [-0.4, -0.2) is 146 Å². The molecule has 5 amide bonds. The quantitative estimate of drug-likeness (QED) is 0.0755. The molecule has 1 aliphatic carbocycles. The maximum absolute atomic E-state index is 14.6. The number of hydrogen-bond donors (Lipinski definition) is 1. The number of rotatable bonds is 30. The van der Waals surface area contributed by atoms with E-state index < -0.39 is 42.0 Å². The summed E-state index contributed by atoms with van der Waals surface area (Å²) in [6.07, 6.45) is 10.5. The van der Waals surface area contributed by atoms with Gasteiger partial charge in [0.05, 0.1) is 36.8 Å². The van der Waals surface area contributed by atoms with Crippen molar-refractivity contribution in [3.05, 3.63) is 90.2 Å². The first-order valence-electron chi connectivity index (χ1n) is 28.5. The van der Waals surface area contributed by atoms with Crippen molar-refractivity contribution in [1.29, 1.82) is 0 Å². The van der Waals surface area contributed by atoms with Gasteiger partial charge in [-0.15, -0.1) is 0 Å². The topological polar surface area (TPSA) is 166 Å². The second-order valence-electron chi connectivity index (χ2n) is 23.0. The molecule has 0 radical (unpaired) electrons. The minimum atomic E-state index is -0.686. The summed E-state index contributed by atoms with van der Waals surface area (Å²) in [5.41, 5.74) is 3.16. The monoisotopic (exact) mass is 1060 g/mol. The number of ether oxygens (including phenoxy) is 2. The number of nitrogens with one attached hydrogen (secondary N) is 1. The van der Waals surface area contributed by atoms with Crippen molar-refractivity contribution in [3.8, 4) is 0 Å². The zero-order valence-corrected chi connectivity index (χ0v) is 47.9. The number of likely N-dealkylation sites (N-methyl/N-ethyl adjacent to an activating group) is 2. The van der Waals surface area contributed by atoms with Crippen LogP contribution in [-0.2, 0) is 56.0 Å². The smallest absolute Gasteiger partial charge is 0.251 e. The molecule has 15 nitrogen and oxygen atoms in total. The Hall–Kier alpha value is -5.51. The van der Waals surface area contributed by atoms with Crippen LogP contribution in [0.5, 0.6) is 0 Å². The first-order valence-corrected chi connectivity index (χ1v) is 28.5. The van der Waals surface area contributed by atoms with Crippen LogP contribution < -0.4 is 10.2 Å². The first kappa shape index (κ1) is 60.7. The molecule has 0 aromatic heterocycles. The second-order valence-corrected chi connectivity index (χ2v) is 23.0. The molecule has 1 saturated carbocycles. The van der Waals surface area contributed by atoms with Crippen LogP contribution in [0.25, 0.3) is 0 Å². The van der Waals surface area contributed by atoms with Gasteiger partial charge < -0.3 is 34.4 Å². The Labute approximate surface area is 459 Å². The average molecular weight is 1060 g/mol. The lowest BCUT2D eigenvalue weighted by atomic mass is 9.83. The SMILES string of the molecule is C=C1C=CC(=O)N1CCCCCC(=O)NCc1ccc(N(C)C(=O)[C@@H](CC(=O)[C@H](C)[C@@H](OC)[C@@H]2CCCN2C(=O)C[C@@H](OC)[C@H]([C@@H](C)CC)N(C)C(=O)[C@@H](CC(=O)[C@@H]2[C@H]3CC[C@H](C3)N2C)C(C)C)Cc2ccccc2)cc1. The Kier molecular flexibility index (Phi) is 22.4. The number of ketones is 2. The molecular weight excluding hydrogens is 973 g/mol. The number of nitrogens with zero attached hydrogens (tertiary/aromatic N) is 5. The van der Waals surface area contributed by atoms with Crippen molar-refractivity contribution in [1.82, 2.24) is 24.9 Å². The highest BCUT2D eigenvalue weighted by molar-refractivity contribution is 5.98. The van der Waals surface area contributed by atoms with Crippen molar-refractivity contribution >= 4 is 46.8 Å². The minimum absolute atomic E-state index is 0.0162. The normalized spacial score (nSPS) is 22.0. The summed E-state index contributed by atoms with van der Waals surface area (Å²) < 4.78 is 12.3. The number of allylic oxidation sites excluding steroid dienone is 1. The molecule has 15 heteroatoms. The zero-order valence-electron chi connectivity index (χ0n) is 47.9. The van der Waals surface area contributed by atoms with E-state index >= 15 is 0 Å². The summed E-state index contributed by atoms with van der Waals surface area (Å²) in [7, 11) is 8.72. The summed E-state index contributed by atoms with van der Waals surface area (Å²) in [5, 5.41) is 2.98. The fourth-order valence-electron chi connectivity index (χ4n) is 12.8. The van der Waals surface area contributed by atoms with E-state index in [4.69, 9.17) is 9.47 Å². The van der Waals surface area contributed by atoms with Gasteiger partial charge in [-0.1, -0.05) is 96.5 Å². The molecule has 1 N–H and O–H groups in total. The number of fused-ring (bicyclic) bond motifs is 2. The Morgan fingerprint density at radius 1 is 0.831 bits per heavy atom. The number of anilines is 1. The number of unbranched alkanes of at least 4 members (excludes halogenated alkanes) is 2. The zero-order chi connectivity index (χ0) is 56.1. The standard InChI is InChI=1S/C62H90N6O9/c1-12-41(4)58(66(9)62(75)50(40(2)3)37-53(70)59-46-27-30-49(35-46)64(59)7)54(76-10)38-57(73)68-33-19-22-51(68)60(77-11)43(6)52(69)36-47(34-44-20-15-13-16-21-44)61(74)65(8)48-28-25-45(26-29-48)39-63-55(71)23-17-14-18-32-67-42(5)24-31-56(67)72/h13,15-16,20-21,24-26,28-29,31,40-41,43,46-47,49-51,54,58-60H,5,12,14,17-19,22-23,27,30,32-39H2,1-4,6-11H3,(H,63,71)/t41-,43-,46-,47+,49+,50-,51-,54+,58-,59-,60+/m0/s1. The van der Waals surface area contributed by atoms with Gasteiger partial charge in [0, 0.05) is 108 Å². The summed E-state index contributed by atoms with van der Waals surface area (Å²) in [5.74, 6) is -2.10. The molecule has 0 spiro atoms. The number of benzene rings is 2. The molecule has 2 bridgehead atoms. The third kappa shape index (κ3) is 15.2. The van der Waals surface area contributed by atoms with E-state index in [9.17, 15) is 33.6 Å². The summed E-state index contributed by atoms with van der Waals surface area (Å²) in [4.78, 5) is 106. The number of carbonyl (C=O) groups is 7. The number of piperidine rings is 1. The molecule has 2 aromatic carbocycles. The molecule has 11 atom stereocenters. The lowest BCUT2D eigenvalue weighted by Gasteiger charge is -2.41. The van der Waals surface area contributed by atoms with E-state index in [2.05, 4.69) is 30.6 Å². The van der Waals surface area contributed by atoms with E-state index in [0.29, 0.717) is 68.7 Å². The Morgan fingerprint density at radius 2 is 1.55 bits per heavy atom. The van der Waals surface area contributed by atoms with Crippen molar-refractivity contribution < 1.29 is 43.0 Å². The average Bonchev–Trinajstić information content (AvgIpc) is 4.25. The summed E-state index contributed by atoms with van der Waals surface area (Å²) >= 11 is 0. The first-order chi connectivity index (χ1) is 36.8. The van der Waals surface area contributed by atoms with Crippen LogP contribution in [0.3, 0.4) is 0 Å². The van der Waals surface area contributed by atoms with Crippen molar-refractivity contribution in [2.75, 3.05) is 53.4 Å². The van der Waals surface area contributed by atoms with Crippen LogP contribution in [0.2, 0.25) is 0 Å². The van der Waals surface area contributed by atoms with Gasteiger partial charge in [0.15, 0.2) is 5.78 Å². The molecule has 2 aromatic rings. The third-order valence-electron chi connectivity index (χ3n) is 17.7. The van der Waals surface area contributed by atoms with Crippen molar-refractivity contribution in [3.63, 3.8) is 0 Å². The van der Waals surface area contributed by atoms with E-state index in [1.165, 1.54) is 6.08 Å². The number of likely N-dealkylation sites (tertiary alicyclic amines) is 2. The van der Waals surface area contributed by atoms with E-state index in [-0.39, 0.29) is 78.2 Å². The number of hydrogen-bond acceptors (Lipinski definition) is 10. The summed E-state index contributed by atoms with van der Waals surface area (Å²) in [6.45, 7) is 15.3. The molecule has 3 fully saturated rings. The van der Waals surface area contributed by atoms with Crippen LogP contribution >= 0.6 is 0 Å². The second kappa shape index (κ2) is 28.4. The molecule has 4 aliphatic rings. The number of amides is 5. The lowest BCUT2D eigenvalue weighted by Crippen LogP contribution is -2.54. The van der Waals surface area contributed by atoms with Crippen LogP contribution in [0.4, 0.5) is 5.69 Å². The molecule has 3 heterocycles. The molecule has 422 valence electrons. The van der Waals surface area contributed by atoms with Gasteiger partial charge in [0.25, 0.3) is 5.91 Å². The Bertz CT molecular complexity index is 2370. The molecule has 6 rings (SSSR count). The van der Waals surface area contributed by atoms with E-state index in [1.807, 2.05) is 87.3 Å². The van der Waals surface area contributed by atoms with Gasteiger partial charge in [0.1, 0.15) is 5.78 Å². The van der Waals surface area contributed by atoms with E-state index in [1.54, 1.807) is 49.1 Å². The fourth-order valence-corrected chi connectivity index (χ4v) is 12.8. The van der Waals surface area contributed by atoms with E-state index in [0.717, 1.165) is 56.1 Å². The van der Waals surface area contributed by atoms with Crippen molar-refractivity contribution in [2.45, 2.75) is 167 Å². The van der Waals surface area contributed by atoms with Gasteiger partial charge in [-0.05, 0) is 106 Å². The van der Waals surface area contributed by atoms with Gasteiger partial charge in [-0.2, -0.15) is 0 Å². The molecule has 77 heavy (non-hydrogen) atoms. The highest BCUT2D eigenvalue weighted by Crippen LogP contribution is 2.43. The van der Waals surface area contributed by atoms with Crippen molar-refractivity contribution in [2.24, 2.45) is 35.5 Å². The molecule has 2 saturated heterocycles. The Balaban J connectivity index is 1.06. The minimum Gasteiger partial charge on any atom is -0.379 e. The lowest BCUT2D eigenvalue weighted by molar-refractivity contribution is -0.149. The molecule has 3 aliphatic heterocycles. The third-order valence-corrected chi connectivity index (χ3v) is 17.7. The largest absolute Gasteiger partial charge is 0.379 e. The number of carbonyl (C=O) groups excluding carboxylic acids is 7. The highest BCUT2D eigenvalue weighted by Gasteiger charge is 2.49. The fraction of sp³-hybridized carbons (Fsp3) is 0.629. The highest BCUT2D eigenvalue weighted by atomic mass is 16.5. The van der Waals surface area contributed by atoms with Crippen LogP contribution in [0.1, 0.15) is 129 Å². The van der Waals surface area contributed by atoms with Gasteiger partial charge in [0.2, 0.25) is 23.6 Å². The predicted octanol–water partition coefficient (Wildman–Crippen LogP) is 8.19. The summed E-state index contributed by atoms with van der Waals surface area (Å²) in [6, 6.07) is 16.6.